The van der Waals surface area contributed by atoms with Gasteiger partial charge in [-0.1, -0.05) is 22.0 Å². The number of ether oxygens (including phenoxy) is 1. The Morgan fingerprint density at radius 1 is 1.47 bits per heavy atom. The van der Waals surface area contributed by atoms with Crippen LogP contribution in [0.1, 0.15) is 18.4 Å². The van der Waals surface area contributed by atoms with Crippen molar-refractivity contribution in [2.45, 2.75) is 24.2 Å². The Bertz CT molecular complexity index is 382. The van der Waals surface area contributed by atoms with Crippen LogP contribution in [0.4, 0.5) is 10.1 Å². The predicted octanol–water partition coefficient (Wildman–Crippen LogP) is 3.34. The molecule has 1 aliphatic rings. The summed E-state index contributed by atoms with van der Waals surface area (Å²) < 4.78 is 19.1. The fourth-order valence-corrected chi connectivity index (χ4v) is 2.29. The summed E-state index contributed by atoms with van der Waals surface area (Å²) in [4.78, 5) is 2.12. The molecule has 0 heterocycles. The molecule has 0 N–H and O–H groups in total. The van der Waals surface area contributed by atoms with Gasteiger partial charge >= 0.3 is 0 Å². The third-order valence-corrected chi connectivity index (χ3v) is 3.65. The molecule has 1 fully saturated rings. The molecule has 0 aromatic heterocycles. The van der Waals surface area contributed by atoms with Crippen LogP contribution < -0.4 is 4.90 Å². The molecule has 0 amide bonds. The van der Waals surface area contributed by atoms with Crippen LogP contribution in [0.5, 0.6) is 0 Å². The van der Waals surface area contributed by atoms with Gasteiger partial charge in [-0.15, -0.1) is 0 Å². The maximum atomic E-state index is 14.0. The molecular weight excluding hydrogens is 285 g/mol. The van der Waals surface area contributed by atoms with Crippen LogP contribution in [0, 0.1) is 5.82 Å². The molecule has 0 atom stereocenters. The molecule has 0 saturated heterocycles. The maximum Gasteiger partial charge on any atom is 0.146 e. The van der Waals surface area contributed by atoms with Crippen molar-refractivity contribution >= 4 is 21.6 Å². The highest BCUT2D eigenvalue weighted by Gasteiger charge is 2.30. The van der Waals surface area contributed by atoms with E-state index in [-0.39, 0.29) is 5.82 Å². The number of hydrogen-bond acceptors (Lipinski definition) is 2. The van der Waals surface area contributed by atoms with Crippen LogP contribution in [0.15, 0.2) is 18.2 Å². The SMILES string of the molecule is COCCN(c1ccc(CBr)cc1F)C1CC1. The number of rotatable bonds is 6. The van der Waals surface area contributed by atoms with E-state index in [1.807, 2.05) is 12.1 Å². The molecule has 2 rings (SSSR count). The van der Waals surface area contributed by atoms with Crippen LogP contribution in [0.2, 0.25) is 0 Å². The Kier molecular flexibility index (Phi) is 4.40. The molecule has 1 aliphatic carbocycles. The van der Waals surface area contributed by atoms with Gasteiger partial charge in [0, 0.05) is 25.0 Å². The summed E-state index contributed by atoms with van der Waals surface area (Å²) in [6, 6.07) is 5.94. The number of anilines is 1. The lowest BCUT2D eigenvalue weighted by atomic mass is 10.2. The van der Waals surface area contributed by atoms with Crippen molar-refractivity contribution in [3.8, 4) is 0 Å². The molecule has 1 aromatic rings. The zero-order valence-corrected chi connectivity index (χ0v) is 11.5. The summed E-state index contributed by atoms with van der Waals surface area (Å²) in [6.07, 6.45) is 2.31. The lowest BCUT2D eigenvalue weighted by Gasteiger charge is -2.25. The Labute approximate surface area is 110 Å². The van der Waals surface area contributed by atoms with Crippen molar-refractivity contribution in [3.05, 3.63) is 29.6 Å². The highest BCUT2D eigenvalue weighted by atomic mass is 79.9. The Hall–Kier alpha value is -0.610. The van der Waals surface area contributed by atoms with Gasteiger partial charge in [-0.3, -0.25) is 0 Å². The van der Waals surface area contributed by atoms with E-state index in [2.05, 4.69) is 20.8 Å². The van der Waals surface area contributed by atoms with Gasteiger partial charge in [-0.05, 0) is 30.5 Å². The quantitative estimate of drug-likeness (QED) is 0.747. The fraction of sp³-hybridized carbons (Fsp3) is 0.538. The van der Waals surface area contributed by atoms with Gasteiger partial charge in [-0.2, -0.15) is 0 Å². The summed E-state index contributed by atoms with van der Waals surface area (Å²) in [5.74, 6) is -0.134. The third kappa shape index (κ3) is 3.19. The smallest absolute Gasteiger partial charge is 0.146 e. The zero-order chi connectivity index (χ0) is 12.3. The van der Waals surface area contributed by atoms with Crippen molar-refractivity contribution in [2.75, 3.05) is 25.2 Å². The van der Waals surface area contributed by atoms with E-state index in [0.29, 0.717) is 23.7 Å². The first kappa shape index (κ1) is 12.8. The van der Waals surface area contributed by atoms with Crippen LogP contribution in [-0.4, -0.2) is 26.3 Å². The largest absolute Gasteiger partial charge is 0.383 e. The number of alkyl halides is 1. The average Bonchev–Trinajstić information content (AvgIpc) is 3.15. The van der Waals surface area contributed by atoms with Gasteiger partial charge in [0.1, 0.15) is 5.82 Å². The Balaban J connectivity index is 2.16. The number of methoxy groups -OCH3 is 1. The van der Waals surface area contributed by atoms with Crippen molar-refractivity contribution in [3.63, 3.8) is 0 Å². The van der Waals surface area contributed by atoms with E-state index in [9.17, 15) is 4.39 Å². The molecule has 4 heteroatoms. The molecule has 1 aromatic carbocycles. The minimum Gasteiger partial charge on any atom is -0.383 e. The normalized spacial score (nSPS) is 15.0. The topological polar surface area (TPSA) is 12.5 Å². The number of halogens is 2. The monoisotopic (exact) mass is 301 g/mol. The van der Waals surface area contributed by atoms with E-state index in [0.717, 1.165) is 24.9 Å². The number of benzene rings is 1. The second kappa shape index (κ2) is 5.83. The van der Waals surface area contributed by atoms with E-state index >= 15 is 0 Å². The summed E-state index contributed by atoms with van der Waals surface area (Å²) >= 11 is 3.34. The summed E-state index contributed by atoms with van der Waals surface area (Å²) in [5, 5.41) is 0.686. The highest BCUT2D eigenvalue weighted by Crippen LogP contribution is 2.33. The lowest BCUT2D eigenvalue weighted by molar-refractivity contribution is 0.204. The summed E-state index contributed by atoms with van der Waals surface area (Å²) in [7, 11) is 1.68. The molecular formula is C13H17BrFNO. The lowest BCUT2D eigenvalue weighted by Crippen LogP contribution is -2.30. The summed E-state index contributed by atoms with van der Waals surface area (Å²) in [5.41, 5.74) is 1.67. The highest BCUT2D eigenvalue weighted by molar-refractivity contribution is 9.08. The molecule has 2 nitrogen and oxygen atoms in total. The van der Waals surface area contributed by atoms with Gasteiger partial charge in [0.15, 0.2) is 0 Å². The van der Waals surface area contributed by atoms with Crippen molar-refractivity contribution in [2.24, 2.45) is 0 Å². The first-order valence-corrected chi connectivity index (χ1v) is 6.98. The van der Waals surface area contributed by atoms with Gasteiger partial charge in [0.25, 0.3) is 0 Å². The molecule has 0 radical (unpaired) electrons. The zero-order valence-electron chi connectivity index (χ0n) is 9.96. The molecule has 94 valence electrons. The van der Waals surface area contributed by atoms with E-state index in [1.165, 1.54) is 0 Å². The standard InChI is InChI=1S/C13H17BrFNO/c1-17-7-6-16(11-3-4-11)13-5-2-10(9-14)8-12(13)15/h2,5,8,11H,3-4,6-7,9H2,1H3. The second-order valence-electron chi connectivity index (χ2n) is 4.34. The second-order valence-corrected chi connectivity index (χ2v) is 4.90. The first-order chi connectivity index (χ1) is 8.26. The van der Waals surface area contributed by atoms with Crippen LogP contribution in [0.25, 0.3) is 0 Å². The van der Waals surface area contributed by atoms with Crippen LogP contribution >= 0.6 is 15.9 Å². The third-order valence-electron chi connectivity index (χ3n) is 3.00. The van der Waals surface area contributed by atoms with Crippen molar-refractivity contribution in [1.82, 2.24) is 0 Å². The summed E-state index contributed by atoms with van der Waals surface area (Å²) in [6.45, 7) is 1.39. The Morgan fingerprint density at radius 2 is 2.24 bits per heavy atom. The van der Waals surface area contributed by atoms with E-state index in [4.69, 9.17) is 4.74 Å². The minimum atomic E-state index is -0.134. The molecule has 0 bridgehead atoms. The van der Waals surface area contributed by atoms with Gasteiger partial charge in [0.05, 0.1) is 12.3 Å². The maximum absolute atomic E-state index is 14.0. The first-order valence-electron chi connectivity index (χ1n) is 5.86. The van der Waals surface area contributed by atoms with Gasteiger partial charge in [-0.25, -0.2) is 4.39 Å². The van der Waals surface area contributed by atoms with E-state index < -0.39 is 0 Å². The molecule has 1 saturated carbocycles. The van der Waals surface area contributed by atoms with Gasteiger partial charge < -0.3 is 9.64 Å². The molecule has 0 unspecified atom stereocenters. The van der Waals surface area contributed by atoms with Gasteiger partial charge in [0.2, 0.25) is 0 Å². The number of nitrogens with zero attached hydrogens (tertiary/aromatic N) is 1. The van der Waals surface area contributed by atoms with Crippen LogP contribution in [0.3, 0.4) is 0 Å². The predicted molar refractivity (Wildman–Crippen MR) is 71.3 cm³/mol. The molecule has 0 spiro atoms. The fourth-order valence-electron chi connectivity index (χ4n) is 1.94. The molecule has 17 heavy (non-hydrogen) atoms. The average molecular weight is 302 g/mol. The minimum absolute atomic E-state index is 0.134. The van der Waals surface area contributed by atoms with Crippen molar-refractivity contribution in [1.29, 1.82) is 0 Å². The molecule has 0 aliphatic heterocycles. The van der Waals surface area contributed by atoms with Crippen LogP contribution in [-0.2, 0) is 10.1 Å². The number of hydrogen-bond donors (Lipinski definition) is 0. The van der Waals surface area contributed by atoms with Crippen molar-refractivity contribution < 1.29 is 9.13 Å². The Morgan fingerprint density at radius 3 is 2.76 bits per heavy atom. The van der Waals surface area contributed by atoms with E-state index in [1.54, 1.807) is 13.2 Å².